The lowest BCUT2D eigenvalue weighted by Crippen LogP contribution is -2.44. The smallest absolute Gasteiger partial charge is 0.316 e. The number of carbonyl (C=O) groups is 2. The third-order valence-corrected chi connectivity index (χ3v) is 4.41. The van der Waals surface area contributed by atoms with Crippen molar-refractivity contribution in [2.24, 2.45) is 0 Å². The van der Waals surface area contributed by atoms with E-state index in [9.17, 15) is 9.59 Å². The Morgan fingerprint density at radius 3 is 2.48 bits per heavy atom. The maximum Gasteiger partial charge on any atom is 0.316 e. The van der Waals surface area contributed by atoms with Crippen LogP contribution in [0.5, 0.6) is 0 Å². The molecule has 4 nitrogen and oxygen atoms in total. The minimum absolute atomic E-state index is 0.187. The number of ether oxygens (including phenoxy) is 1. The molecule has 0 aliphatic rings. The monoisotopic (exact) mass is 373 g/mol. The van der Waals surface area contributed by atoms with Crippen LogP contribution in [0.1, 0.15) is 27.2 Å². The first-order valence-corrected chi connectivity index (χ1v) is 8.45. The topological polar surface area (TPSA) is 55.4 Å². The van der Waals surface area contributed by atoms with Gasteiger partial charge in [-0.3, -0.25) is 9.59 Å². The van der Waals surface area contributed by atoms with E-state index >= 15 is 0 Å². The average Bonchev–Trinajstić information content (AvgIpc) is 2.44. The number of esters is 1. The maximum absolute atomic E-state index is 11.6. The van der Waals surface area contributed by atoms with Crippen LogP contribution in [0.15, 0.2) is 33.6 Å². The minimum Gasteiger partial charge on any atom is -0.455 e. The SMILES string of the molecule is CCC(C)(C)NC(=O)COC(=O)CSc1ccc(Br)cc1. The number of hydrogen-bond donors (Lipinski definition) is 1. The highest BCUT2D eigenvalue weighted by Gasteiger charge is 2.18. The summed E-state index contributed by atoms with van der Waals surface area (Å²) in [5.74, 6) is -0.484. The normalized spacial score (nSPS) is 11.0. The lowest BCUT2D eigenvalue weighted by atomic mass is 10.0. The number of nitrogens with one attached hydrogen (secondary N) is 1. The van der Waals surface area contributed by atoms with Crippen LogP contribution in [0.2, 0.25) is 0 Å². The van der Waals surface area contributed by atoms with E-state index < -0.39 is 5.97 Å². The Morgan fingerprint density at radius 1 is 1.29 bits per heavy atom. The predicted molar refractivity (Wildman–Crippen MR) is 88.3 cm³/mol. The number of rotatable bonds is 7. The van der Waals surface area contributed by atoms with Crippen molar-refractivity contribution in [2.45, 2.75) is 37.6 Å². The predicted octanol–water partition coefficient (Wildman–Crippen LogP) is 3.39. The number of hydrogen-bond acceptors (Lipinski definition) is 4. The second-order valence-corrected chi connectivity index (χ2v) is 7.15. The molecule has 0 spiro atoms. The lowest BCUT2D eigenvalue weighted by molar-refractivity contribution is -0.146. The Bertz CT molecular complexity index is 488. The fourth-order valence-electron chi connectivity index (χ4n) is 1.36. The average molecular weight is 374 g/mol. The number of benzene rings is 1. The Kier molecular flexibility index (Phi) is 7.25. The van der Waals surface area contributed by atoms with Crippen LogP contribution in [0, 0.1) is 0 Å². The number of thioether (sulfide) groups is 1. The van der Waals surface area contributed by atoms with Gasteiger partial charge in [-0.05, 0) is 44.5 Å². The molecule has 0 saturated carbocycles. The zero-order chi connectivity index (χ0) is 15.9. The van der Waals surface area contributed by atoms with Crippen LogP contribution in [-0.4, -0.2) is 29.8 Å². The molecule has 21 heavy (non-hydrogen) atoms. The van der Waals surface area contributed by atoms with Crippen molar-refractivity contribution in [3.8, 4) is 0 Å². The van der Waals surface area contributed by atoms with Crippen molar-refractivity contribution in [3.63, 3.8) is 0 Å². The summed E-state index contributed by atoms with van der Waals surface area (Å²) in [6.07, 6.45) is 0.812. The highest BCUT2D eigenvalue weighted by molar-refractivity contribution is 9.10. The minimum atomic E-state index is -0.396. The number of carbonyl (C=O) groups excluding carboxylic acids is 2. The molecule has 0 radical (unpaired) electrons. The lowest BCUT2D eigenvalue weighted by Gasteiger charge is -2.24. The van der Waals surface area contributed by atoms with Crippen molar-refractivity contribution in [1.29, 1.82) is 0 Å². The molecule has 0 fully saturated rings. The zero-order valence-electron chi connectivity index (χ0n) is 12.4. The van der Waals surface area contributed by atoms with Crippen molar-refractivity contribution < 1.29 is 14.3 Å². The molecule has 0 aromatic heterocycles. The molecule has 0 bridgehead atoms. The molecule has 0 heterocycles. The molecule has 0 unspecified atom stereocenters. The largest absolute Gasteiger partial charge is 0.455 e. The molecule has 0 saturated heterocycles. The highest BCUT2D eigenvalue weighted by atomic mass is 79.9. The highest BCUT2D eigenvalue weighted by Crippen LogP contribution is 2.20. The first-order valence-electron chi connectivity index (χ1n) is 6.67. The molecule has 6 heteroatoms. The maximum atomic E-state index is 11.6. The molecule has 1 aromatic carbocycles. The summed E-state index contributed by atoms with van der Waals surface area (Å²) in [7, 11) is 0. The first-order chi connectivity index (χ1) is 9.82. The molecule has 1 rings (SSSR count). The van der Waals surface area contributed by atoms with E-state index in [1.54, 1.807) is 0 Å². The molecular weight excluding hydrogens is 354 g/mol. The van der Waals surface area contributed by atoms with Gasteiger partial charge < -0.3 is 10.1 Å². The van der Waals surface area contributed by atoms with Crippen LogP contribution >= 0.6 is 27.7 Å². The zero-order valence-corrected chi connectivity index (χ0v) is 14.8. The van der Waals surface area contributed by atoms with Crippen LogP contribution in [0.25, 0.3) is 0 Å². The molecule has 0 aliphatic carbocycles. The van der Waals surface area contributed by atoms with Crippen LogP contribution in [0.4, 0.5) is 0 Å². The van der Waals surface area contributed by atoms with Crippen molar-refractivity contribution in [1.82, 2.24) is 5.32 Å². The summed E-state index contributed by atoms with van der Waals surface area (Å²) in [5, 5.41) is 2.81. The van der Waals surface area contributed by atoms with Gasteiger partial charge in [0.15, 0.2) is 6.61 Å². The number of halogens is 1. The molecule has 0 atom stereocenters. The third kappa shape index (κ3) is 7.52. The first kappa shape index (κ1) is 18.0. The van der Waals surface area contributed by atoms with Crippen LogP contribution in [0.3, 0.4) is 0 Å². The van der Waals surface area contributed by atoms with E-state index in [1.165, 1.54) is 11.8 Å². The summed E-state index contributed by atoms with van der Waals surface area (Å²) in [4.78, 5) is 24.2. The van der Waals surface area contributed by atoms with E-state index in [-0.39, 0.29) is 23.8 Å². The summed E-state index contributed by atoms with van der Waals surface area (Å²) in [5.41, 5.74) is -0.282. The Morgan fingerprint density at radius 2 is 1.90 bits per heavy atom. The Hall–Kier alpha value is -1.01. The van der Waals surface area contributed by atoms with Gasteiger partial charge >= 0.3 is 5.97 Å². The van der Waals surface area contributed by atoms with Gasteiger partial charge in [-0.2, -0.15) is 0 Å². The van der Waals surface area contributed by atoms with Crippen molar-refractivity contribution in [2.75, 3.05) is 12.4 Å². The second kappa shape index (κ2) is 8.44. The standard InChI is InChI=1S/C15H20BrNO3S/c1-4-15(2,3)17-13(18)9-20-14(19)10-21-12-7-5-11(16)6-8-12/h5-8H,4,9-10H2,1-3H3,(H,17,18). The summed E-state index contributed by atoms with van der Waals surface area (Å²) in [6, 6.07) is 7.65. The third-order valence-electron chi connectivity index (χ3n) is 2.90. The van der Waals surface area contributed by atoms with Gasteiger partial charge in [0.1, 0.15) is 0 Å². The van der Waals surface area contributed by atoms with Crippen molar-refractivity contribution >= 4 is 39.6 Å². The molecule has 1 N–H and O–H groups in total. The van der Waals surface area contributed by atoms with Crippen molar-refractivity contribution in [3.05, 3.63) is 28.7 Å². The molecule has 1 aromatic rings. The quantitative estimate of drug-likeness (QED) is 0.587. The van der Waals surface area contributed by atoms with E-state index in [4.69, 9.17) is 4.74 Å². The molecule has 1 amide bonds. The summed E-state index contributed by atoms with van der Waals surface area (Å²) >= 11 is 4.73. The van der Waals surface area contributed by atoms with Gasteiger partial charge in [0.25, 0.3) is 5.91 Å². The second-order valence-electron chi connectivity index (χ2n) is 5.19. The fourth-order valence-corrected chi connectivity index (χ4v) is 2.32. The van der Waals surface area contributed by atoms with Gasteiger partial charge in [0, 0.05) is 14.9 Å². The van der Waals surface area contributed by atoms with E-state index in [1.807, 2.05) is 45.0 Å². The van der Waals surface area contributed by atoms with Gasteiger partial charge in [-0.1, -0.05) is 22.9 Å². The number of amides is 1. The van der Waals surface area contributed by atoms with Gasteiger partial charge in [-0.25, -0.2) is 0 Å². The van der Waals surface area contributed by atoms with E-state index in [2.05, 4.69) is 21.2 Å². The molecule has 116 valence electrons. The Labute approximate surface area is 138 Å². The Balaban J connectivity index is 2.28. The van der Waals surface area contributed by atoms with Crippen LogP contribution in [-0.2, 0) is 14.3 Å². The van der Waals surface area contributed by atoms with E-state index in [0.29, 0.717) is 0 Å². The summed E-state index contributed by atoms with van der Waals surface area (Å²) in [6.45, 7) is 5.61. The van der Waals surface area contributed by atoms with Gasteiger partial charge in [0.05, 0.1) is 5.75 Å². The summed E-state index contributed by atoms with van der Waals surface area (Å²) < 4.78 is 5.95. The van der Waals surface area contributed by atoms with Gasteiger partial charge in [0.2, 0.25) is 0 Å². The van der Waals surface area contributed by atoms with Crippen LogP contribution < -0.4 is 5.32 Å². The fraction of sp³-hybridized carbons (Fsp3) is 0.467. The molecular formula is C15H20BrNO3S. The van der Waals surface area contributed by atoms with E-state index in [0.717, 1.165) is 15.8 Å². The van der Waals surface area contributed by atoms with Gasteiger partial charge in [-0.15, -0.1) is 11.8 Å². The molecule has 0 aliphatic heterocycles.